The molecule has 6 N–H and O–H groups in total. The Hall–Kier alpha value is -1.85. The van der Waals surface area contributed by atoms with Crippen LogP contribution in [0.5, 0.6) is 0 Å². The van der Waals surface area contributed by atoms with E-state index in [1.54, 1.807) is 6.08 Å². The molecule has 0 aromatic carbocycles. The van der Waals surface area contributed by atoms with Crippen molar-refractivity contribution in [2.75, 3.05) is 13.2 Å². The topological polar surface area (TPSA) is 149 Å². The van der Waals surface area contributed by atoms with Crippen molar-refractivity contribution in [2.24, 2.45) is 0 Å². The van der Waals surface area contributed by atoms with Crippen LogP contribution in [0.4, 0.5) is 0 Å². The molecule has 0 aromatic heterocycles. The highest BCUT2D eigenvalue weighted by Crippen LogP contribution is 2.23. The second-order valence-electron chi connectivity index (χ2n) is 21.5. The molecule has 0 radical (unpaired) electrons. The van der Waals surface area contributed by atoms with Crippen molar-refractivity contribution < 1.29 is 39.8 Å². The second kappa shape index (κ2) is 52.6. The van der Waals surface area contributed by atoms with Gasteiger partial charge in [0.25, 0.3) is 0 Å². The van der Waals surface area contributed by atoms with Gasteiger partial charge in [-0.3, -0.25) is 4.79 Å². The van der Waals surface area contributed by atoms with Gasteiger partial charge < -0.3 is 40.3 Å². The fourth-order valence-electron chi connectivity index (χ4n) is 9.73. The molecule has 1 aliphatic rings. The summed E-state index contributed by atoms with van der Waals surface area (Å²) in [6.07, 6.45) is 63.8. The Bertz CT molecular complexity index is 1270. The van der Waals surface area contributed by atoms with E-state index < -0.39 is 49.5 Å². The number of unbranched alkanes of at least 4 members (excludes halogenated alkanes) is 37. The Balaban J connectivity index is 2.02. The van der Waals surface area contributed by atoms with Gasteiger partial charge in [0.2, 0.25) is 5.91 Å². The molecule has 0 spiro atoms. The first kappa shape index (κ1) is 68.2. The van der Waals surface area contributed by atoms with Crippen LogP contribution in [0.3, 0.4) is 0 Å². The molecule has 0 aliphatic carbocycles. The molecule has 7 atom stereocenters. The second-order valence-corrected chi connectivity index (χ2v) is 21.5. The Kier molecular flexibility index (Phi) is 49.8. The summed E-state index contributed by atoms with van der Waals surface area (Å²) in [5, 5.41) is 54.2. The molecular weight excluding hydrogens is 899 g/mol. The summed E-state index contributed by atoms with van der Waals surface area (Å²) < 4.78 is 11.2. The van der Waals surface area contributed by atoms with E-state index in [4.69, 9.17) is 9.47 Å². The van der Waals surface area contributed by atoms with Gasteiger partial charge in [0.15, 0.2) is 6.29 Å². The van der Waals surface area contributed by atoms with Crippen molar-refractivity contribution >= 4 is 5.91 Å². The van der Waals surface area contributed by atoms with Gasteiger partial charge in [-0.1, -0.05) is 268 Å². The van der Waals surface area contributed by atoms with Crippen LogP contribution in [-0.4, -0.2) is 87.5 Å². The highest BCUT2D eigenvalue weighted by Gasteiger charge is 2.44. The lowest BCUT2D eigenvalue weighted by Gasteiger charge is -2.40. The van der Waals surface area contributed by atoms with Crippen molar-refractivity contribution in [2.45, 2.75) is 333 Å². The SMILES string of the molecule is CCCCCC/C=C/CC/C=C/C(O)C(COC1OC(CO)C(O)C(O)C1O)NC(=O)CCCCCCCCCCCCCCCCCCC/C=C\C/C=C\CCCCCCCCCCCCCCCCC. The third-order valence-electron chi connectivity index (χ3n) is 14.6. The van der Waals surface area contributed by atoms with Crippen LogP contribution in [0.25, 0.3) is 0 Å². The maximum absolute atomic E-state index is 13.0. The maximum Gasteiger partial charge on any atom is 0.220 e. The number of aliphatic hydroxyl groups is 5. The monoisotopic (exact) mass is 1020 g/mol. The van der Waals surface area contributed by atoms with Crippen molar-refractivity contribution in [1.29, 1.82) is 0 Å². The number of hydrogen-bond donors (Lipinski definition) is 6. The van der Waals surface area contributed by atoms with Crippen LogP contribution in [0.1, 0.15) is 290 Å². The van der Waals surface area contributed by atoms with Crippen molar-refractivity contribution in [3.05, 3.63) is 48.6 Å². The van der Waals surface area contributed by atoms with E-state index in [9.17, 15) is 30.3 Å². The number of carbonyl (C=O) groups excluding carboxylic acids is 1. The molecule has 0 bridgehead atoms. The van der Waals surface area contributed by atoms with Crippen LogP contribution in [-0.2, 0) is 14.3 Å². The van der Waals surface area contributed by atoms with Gasteiger partial charge >= 0.3 is 0 Å². The first-order valence-corrected chi connectivity index (χ1v) is 30.9. The maximum atomic E-state index is 13.0. The molecule has 9 nitrogen and oxygen atoms in total. The number of amides is 1. The Labute approximate surface area is 444 Å². The van der Waals surface area contributed by atoms with E-state index >= 15 is 0 Å². The zero-order chi connectivity index (χ0) is 52.2. The summed E-state index contributed by atoms with van der Waals surface area (Å²) in [4.78, 5) is 13.0. The van der Waals surface area contributed by atoms with Gasteiger partial charge in [-0.25, -0.2) is 0 Å². The number of rotatable bonds is 53. The highest BCUT2D eigenvalue weighted by atomic mass is 16.7. The molecule has 9 heteroatoms. The lowest BCUT2D eigenvalue weighted by molar-refractivity contribution is -0.302. The first-order chi connectivity index (χ1) is 35.3. The molecule has 1 fully saturated rings. The van der Waals surface area contributed by atoms with E-state index in [1.807, 2.05) is 6.08 Å². The predicted molar refractivity (Wildman–Crippen MR) is 304 cm³/mol. The van der Waals surface area contributed by atoms with Gasteiger partial charge in [-0.15, -0.1) is 0 Å². The van der Waals surface area contributed by atoms with Gasteiger partial charge in [0.1, 0.15) is 24.4 Å². The smallest absolute Gasteiger partial charge is 0.220 e. The molecule has 0 saturated carbocycles. The highest BCUT2D eigenvalue weighted by molar-refractivity contribution is 5.76. The standard InChI is InChI=1S/C63H117NO8/c1-3-5-7-9-11-13-15-16-17-18-19-20-21-22-23-24-25-26-27-28-29-30-31-32-33-34-35-36-37-38-39-40-41-42-43-45-47-49-51-53-59(67)64-56(55-71-63-62(70)61(69)60(68)58(54-65)72-63)57(66)52-50-48-46-44-14-12-10-8-6-4-2/h14,25-26,28-29,44,50,52,56-58,60-63,65-66,68-70H,3-13,15-24,27,30-43,45-49,51,53-55H2,1-2H3,(H,64,67)/b26-25-,29-28-,44-14+,52-50+. The van der Waals surface area contributed by atoms with E-state index in [2.05, 4.69) is 55.6 Å². The van der Waals surface area contributed by atoms with Gasteiger partial charge in [0, 0.05) is 6.42 Å². The normalized spacial score (nSPS) is 19.5. The number of hydrogen-bond acceptors (Lipinski definition) is 8. The number of nitrogens with one attached hydrogen (secondary N) is 1. The molecule has 7 unspecified atom stereocenters. The third-order valence-corrected chi connectivity index (χ3v) is 14.6. The van der Waals surface area contributed by atoms with Crippen LogP contribution in [0, 0.1) is 0 Å². The number of aliphatic hydroxyl groups excluding tert-OH is 5. The Morgan fingerprint density at radius 3 is 1.26 bits per heavy atom. The van der Waals surface area contributed by atoms with Crippen molar-refractivity contribution in [1.82, 2.24) is 5.32 Å². The fourth-order valence-corrected chi connectivity index (χ4v) is 9.73. The van der Waals surface area contributed by atoms with Crippen molar-refractivity contribution in [3.8, 4) is 0 Å². The summed E-state index contributed by atoms with van der Waals surface area (Å²) in [5.41, 5.74) is 0. The van der Waals surface area contributed by atoms with Crippen LogP contribution < -0.4 is 5.32 Å². The molecule has 422 valence electrons. The summed E-state index contributed by atoms with van der Waals surface area (Å²) in [5.74, 6) is -0.187. The van der Waals surface area contributed by atoms with E-state index in [0.717, 1.165) is 44.9 Å². The van der Waals surface area contributed by atoms with Crippen LogP contribution >= 0.6 is 0 Å². The Morgan fingerprint density at radius 2 is 0.833 bits per heavy atom. The quantitative estimate of drug-likeness (QED) is 0.0261. The minimum atomic E-state index is -1.57. The lowest BCUT2D eigenvalue weighted by Crippen LogP contribution is -2.60. The fraction of sp³-hybridized carbons (Fsp3) is 0.857. The number of ether oxygens (including phenoxy) is 2. The summed E-state index contributed by atoms with van der Waals surface area (Å²) in [7, 11) is 0. The summed E-state index contributed by atoms with van der Waals surface area (Å²) in [6.45, 7) is 3.74. The summed E-state index contributed by atoms with van der Waals surface area (Å²) >= 11 is 0. The molecule has 72 heavy (non-hydrogen) atoms. The van der Waals surface area contributed by atoms with E-state index in [0.29, 0.717) is 6.42 Å². The first-order valence-electron chi connectivity index (χ1n) is 30.9. The van der Waals surface area contributed by atoms with Crippen LogP contribution in [0.2, 0.25) is 0 Å². The Morgan fingerprint density at radius 1 is 0.472 bits per heavy atom. The molecule has 1 rings (SSSR count). The molecule has 0 aromatic rings. The zero-order valence-corrected chi connectivity index (χ0v) is 46.9. The number of carbonyl (C=O) groups is 1. The minimum absolute atomic E-state index is 0.187. The van der Waals surface area contributed by atoms with E-state index in [1.165, 1.54) is 225 Å². The largest absolute Gasteiger partial charge is 0.394 e. The number of allylic oxidation sites excluding steroid dienone is 7. The lowest BCUT2D eigenvalue weighted by atomic mass is 9.99. The van der Waals surface area contributed by atoms with Gasteiger partial charge in [0.05, 0.1) is 25.4 Å². The average Bonchev–Trinajstić information content (AvgIpc) is 3.38. The molecule has 1 saturated heterocycles. The molecule has 1 aliphatic heterocycles. The van der Waals surface area contributed by atoms with Crippen LogP contribution in [0.15, 0.2) is 48.6 Å². The zero-order valence-electron chi connectivity index (χ0n) is 46.9. The molecule has 1 heterocycles. The minimum Gasteiger partial charge on any atom is -0.394 e. The third kappa shape index (κ3) is 41.4. The molecule has 1 amide bonds. The summed E-state index contributed by atoms with van der Waals surface area (Å²) in [6, 6.07) is -0.820. The predicted octanol–water partition coefficient (Wildman–Crippen LogP) is 15.7. The van der Waals surface area contributed by atoms with Crippen molar-refractivity contribution in [3.63, 3.8) is 0 Å². The van der Waals surface area contributed by atoms with Gasteiger partial charge in [-0.2, -0.15) is 0 Å². The average molecular weight is 1020 g/mol. The van der Waals surface area contributed by atoms with E-state index in [-0.39, 0.29) is 12.5 Å². The molecular formula is C63H117NO8. The van der Waals surface area contributed by atoms with Gasteiger partial charge in [-0.05, 0) is 64.2 Å².